The lowest BCUT2D eigenvalue weighted by Crippen LogP contribution is -2.05. The van der Waals surface area contributed by atoms with Gasteiger partial charge in [-0.2, -0.15) is 0 Å². The van der Waals surface area contributed by atoms with Crippen LogP contribution in [0.25, 0.3) is 0 Å². The minimum absolute atomic E-state index is 0.107. The molecule has 0 saturated heterocycles. The van der Waals surface area contributed by atoms with Crippen molar-refractivity contribution < 1.29 is 5.11 Å². The van der Waals surface area contributed by atoms with Crippen molar-refractivity contribution in [2.24, 2.45) is 4.99 Å². The maximum atomic E-state index is 11.5. The molecule has 0 fully saturated rings. The van der Waals surface area contributed by atoms with Crippen molar-refractivity contribution in [3.63, 3.8) is 0 Å². The maximum absolute atomic E-state index is 11.5. The SMILES string of the molecule is CCc1ccc(O)c(N=Cc2c[nH]ccc2=O)c1. The molecule has 0 saturated carbocycles. The second-order valence-corrected chi connectivity index (χ2v) is 3.90. The number of hydrogen-bond acceptors (Lipinski definition) is 3. The molecule has 2 N–H and O–H groups in total. The molecule has 1 heterocycles. The van der Waals surface area contributed by atoms with Gasteiger partial charge in [-0.1, -0.05) is 13.0 Å². The summed E-state index contributed by atoms with van der Waals surface area (Å²) in [5.41, 5.74) is 1.90. The summed E-state index contributed by atoms with van der Waals surface area (Å²) in [5, 5.41) is 9.68. The topological polar surface area (TPSA) is 65.5 Å². The van der Waals surface area contributed by atoms with E-state index in [2.05, 4.69) is 9.98 Å². The van der Waals surface area contributed by atoms with Gasteiger partial charge in [0.15, 0.2) is 5.43 Å². The number of aliphatic imine (C=N–C) groups is 1. The van der Waals surface area contributed by atoms with Gasteiger partial charge in [0.25, 0.3) is 0 Å². The first-order valence-electron chi connectivity index (χ1n) is 5.73. The van der Waals surface area contributed by atoms with Crippen molar-refractivity contribution in [2.75, 3.05) is 0 Å². The van der Waals surface area contributed by atoms with Gasteiger partial charge >= 0.3 is 0 Å². The predicted molar refractivity (Wildman–Crippen MR) is 71.8 cm³/mol. The second-order valence-electron chi connectivity index (χ2n) is 3.90. The highest BCUT2D eigenvalue weighted by atomic mass is 16.3. The first-order chi connectivity index (χ1) is 8.70. The highest BCUT2D eigenvalue weighted by Gasteiger charge is 2.00. The van der Waals surface area contributed by atoms with Gasteiger partial charge in [-0.25, -0.2) is 0 Å². The molecule has 2 rings (SSSR count). The van der Waals surface area contributed by atoms with Gasteiger partial charge in [0.05, 0.1) is 5.56 Å². The molecular weight excluding hydrogens is 228 g/mol. The van der Waals surface area contributed by atoms with E-state index in [1.165, 1.54) is 12.3 Å². The number of rotatable bonds is 3. The zero-order valence-electron chi connectivity index (χ0n) is 10.1. The lowest BCUT2D eigenvalue weighted by molar-refractivity contribution is 0.476. The van der Waals surface area contributed by atoms with Gasteiger partial charge < -0.3 is 10.1 Å². The molecule has 0 spiro atoms. The van der Waals surface area contributed by atoms with Crippen molar-refractivity contribution >= 4 is 11.9 Å². The van der Waals surface area contributed by atoms with E-state index in [-0.39, 0.29) is 11.2 Å². The van der Waals surface area contributed by atoms with Crippen LogP contribution < -0.4 is 5.43 Å². The van der Waals surface area contributed by atoms with E-state index in [4.69, 9.17) is 0 Å². The fraction of sp³-hybridized carbons (Fsp3) is 0.143. The highest BCUT2D eigenvalue weighted by Crippen LogP contribution is 2.27. The van der Waals surface area contributed by atoms with E-state index >= 15 is 0 Å². The third kappa shape index (κ3) is 2.66. The minimum atomic E-state index is -0.108. The average Bonchev–Trinajstić information content (AvgIpc) is 2.39. The Morgan fingerprint density at radius 1 is 1.39 bits per heavy atom. The molecule has 92 valence electrons. The normalized spacial score (nSPS) is 10.9. The van der Waals surface area contributed by atoms with Gasteiger partial charge in [-0.3, -0.25) is 9.79 Å². The number of hydrogen-bond donors (Lipinski definition) is 2. The van der Waals surface area contributed by atoms with Crippen LogP contribution in [-0.4, -0.2) is 16.3 Å². The third-order valence-electron chi connectivity index (χ3n) is 2.65. The monoisotopic (exact) mass is 242 g/mol. The Balaban J connectivity index is 2.34. The molecule has 2 aromatic rings. The number of aromatic nitrogens is 1. The van der Waals surface area contributed by atoms with E-state index in [0.717, 1.165) is 12.0 Å². The quantitative estimate of drug-likeness (QED) is 0.811. The molecule has 18 heavy (non-hydrogen) atoms. The number of aromatic amines is 1. The Morgan fingerprint density at radius 3 is 2.94 bits per heavy atom. The number of aryl methyl sites for hydroxylation is 1. The first-order valence-corrected chi connectivity index (χ1v) is 5.73. The number of pyridine rings is 1. The third-order valence-corrected chi connectivity index (χ3v) is 2.65. The molecule has 4 nitrogen and oxygen atoms in total. The number of benzene rings is 1. The Kier molecular flexibility index (Phi) is 3.57. The zero-order chi connectivity index (χ0) is 13.0. The van der Waals surface area contributed by atoms with Crippen LogP contribution in [0.1, 0.15) is 18.1 Å². The highest BCUT2D eigenvalue weighted by molar-refractivity contribution is 5.82. The van der Waals surface area contributed by atoms with Crippen molar-refractivity contribution in [1.29, 1.82) is 0 Å². The lowest BCUT2D eigenvalue weighted by Gasteiger charge is -2.01. The summed E-state index contributed by atoms with van der Waals surface area (Å²) in [4.78, 5) is 18.4. The van der Waals surface area contributed by atoms with Gasteiger partial charge in [-0.05, 0) is 24.1 Å². The van der Waals surface area contributed by atoms with Crippen LogP contribution in [-0.2, 0) is 6.42 Å². The lowest BCUT2D eigenvalue weighted by atomic mass is 10.1. The standard InChI is InChI=1S/C14H14N2O2/c1-2-10-3-4-14(18)12(7-10)16-9-11-8-15-6-5-13(11)17/h3-9,18H,2H2,1H3,(H,15,17). The summed E-state index contributed by atoms with van der Waals surface area (Å²) in [6.07, 6.45) is 5.46. The molecule has 0 bridgehead atoms. The second kappa shape index (κ2) is 5.31. The van der Waals surface area contributed by atoms with Crippen molar-refractivity contribution in [2.45, 2.75) is 13.3 Å². The maximum Gasteiger partial charge on any atom is 0.190 e. The average molecular weight is 242 g/mol. The summed E-state index contributed by atoms with van der Waals surface area (Å²) in [7, 11) is 0. The Bertz CT molecular complexity index is 630. The summed E-state index contributed by atoms with van der Waals surface area (Å²) >= 11 is 0. The van der Waals surface area contributed by atoms with E-state index in [1.54, 1.807) is 18.5 Å². The van der Waals surface area contributed by atoms with Crippen molar-refractivity contribution in [3.8, 4) is 5.75 Å². The zero-order valence-corrected chi connectivity index (χ0v) is 10.1. The molecule has 0 aliphatic heterocycles. The number of phenols is 1. The van der Waals surface area contributed by atoms with Gasteiger partial charge in [0.1, 0.15) is 11.4 Å². The Morgan fingerprint density at radius 2 is 2.22 bits per heavy atom. The smallest absolute Gasteiger partial charge is 0.190 e. The molecular formula is C14H14N2O2. The van der Waals surface area contributed by atoms with E-state index in [1.807, 2.05) is 19.1 Å². The van der Waals surface area contributed by atoms with Gasteiger partial charge in [0, 0.05) is 24.7 Å². The molecule has 1 aromatic carbocycles. The molecule has 0 atom stereocenters. The van der Waals surface area contributed by atoms with Crippen LogP contribution in [0.15, 0.2) is 46.4 Å². The minimum Gasteiger partial charge on any atom is -0.506 e. The summed E-state index contributed by atoms with van der Waals surface area (Å²) in [6, 6.07) is 6.71. The van der Waals surface area contributed by atoms with Crippen LogP contribution in [0.4, 0.5) is 5.69 Å². The number of aromatic hydroxyl groups is 1. The van der Waals surface area contributed by atoms with Crippen LogP contribution in [0, 0.1) is 0 Å². The van der Waals surface area contributed by atoms with Crippen molar-refractivity contribution in [3.05, 3.63) is 58.0 Å². The number of phenolic OH excluding ortho intramolecular Hbond substituents is 1. The first kappa shape index (κ1) is 12.1. The van der Waals surface area contributed by atoms with Crippen LogP contribution in [0.5, 0.6) is 5.75 Å². The van der Waals surface area contributed by atoms with E-state index < -0.39 is 0 Å². The van der Waals surface area contributed by atoms with Crippen LogP contribution in [0.3, 0.4) is 0 Å². The molecule has 0 aliphatic carbocycles. The molecule has 4 heteroatoms. The fourth-order valence-electron chi connectivity index (χ4n) is 1.56. The number of nitrogens with zero attached hydrogens (tertiary/aromatic N) is 1. The molecule has 0 unspecified atom stereocenters. The van der Waals surface area contributed by atoms with Gasteiger partial charge in [-0.15, -0.1) is 0 Å². The van der Waals surface area contributed by atoms with Crippen molar-refractivity contribution in [1.82, 2.24) is 4.98 Å². The summed E-state index contributed by atoms with van der Waals surface area (Å²) in [5.74, 6) is 0.107. The van der Waals surface area contributed by atoms with E-state index in [9.17, 15) is 9.90 Å². The largest absolute Gasteiger partial charge is 0.506 e. The van der Waals surface area contributed by atoms with E-state index in [0.29, 0.717) is 11.3 Å². The molecule has 0 amide bonds. The summed E-state index contributed by atoms with van der Waals surface area (Å²) in [6.45, 7) is 2.03. The Labute approximate surface area is 105 Å². The predicted octanol–water partition coefficient (Wildman–Crippen LogP) is 2.39. The number of H-pyrrole nitrogens is 1. The van der Waals surface area contributed by atoms with Crippen LogP contribution in [0.2, 0.25) is 0 Å². The Hall–Kier alpha value is -2.36. The van der Waals surface area contributed by atoms with Gasteiger partial charge in [0.2, 0.25) is 0 Å². The number of nitrogens with one attached hydrogen (secondary N) is 1. The molecule has 0 aliphatic rings. The van der Waals surface area contributed by atoms with Crippen LogP contribution >= 0.6 is 0 Å². The fourth-order valence-corrected chi connectivity index (χ4v) is 1.56. The molecule has 1 aromatic heterocycles. The summed E-state index contributed by atoms with van der Waals surface area (Å²) < 4.78 is 0. The molecule has 0 radical (unpaired) electrons.